The van der Waals surface area contributed by atoms with Gasteiger partial charge in [0.05, 0.1) is 12.1 Å². The van der Waals surface area contributed by atoms with Crippen LogP contribution in [-0.2, 0) is 12.3 Å². The van der Waals surface area contributed by atoms with Crippen molar-refractivity contribution < 1.29 is 9.50 Å². The zero-order chi connectivity index (χ0) is 19.3. The van der Waals surface area contributed by atoms with Gasteiger partial charge in [-0.15, -0.1) is 10.2 Å². The number of phenols is 1. The molecule has 0 aliphatic rings. The van der Waals surface area contributed by atoms with Gasteiger partial charge in [0.2, 0.25) is 0 Å². The van der Waals surface area contributed by atoms with Gasteiger partial charge in [0.25, 0.3) is 0 Å². The van der Waals surface area contributed by atoms with Crippen molar-refractivity contribution >= 4 is 11.8 Å². The summed E-state index contributed by atoms with van der Waals surface area (Å²) in [6.07, 6.45) is 0. The number of hydrogen-bond acceptors (Lipinski definition) is 4. The van der Waals surface area contributed by atoms with Gasteiger partial charge < -0.3 is 5.11 Å². The summed E-state index contributed by atoms with van der Waals surface area (Å²) in [5, 5.41) is 19.7. The maximum atomic E-state index is 13.1. The van der Waals surface area contributed by atoms with E-state index in [1.807, 2.05) is 47.0 Å². The molecule has 0 aliphatic heterocycles. The van der Waals surface area contributed by atoms with Gasteiger partial charge in [-0.3, -0.25) is 4.57 Å². The Hall–Kier alpha value is -3.12. The smallest absolute Gasteiger partial charge is 0.192 e. The fourth-order valence-corrected chi connectivity index (χ4v) is 3.79. The molecule has 0 amide bonds. The molecule has 6 heteroatoms. The van der Waals surface area contributed by atoms with Crippen molar-refractivity contribution in [3.8, 4) is 17.1 Å². The normalized spacial score (nSPS) is 10.9. The number of hydrogen-bond donors (Lipinski definition) is 1. The van der Waals surface area contributed by atoms with Gasteiger partial charge in [-0.05, 0) is 35.4 Å². The van der Waals surface area contributed by atoms with E-state index in [2.05, 4.69) is 10.2 Å². The predicted molar refractivity (Wildman–Crippen MR) is 109 cm³/mol. The van der Waals surface area contributed by atoms with Crippen LogP contribution in [0.5, 0.6) is 5.75 Å². The minimum Gasteiger partial charge on any atom is -0.507 e. The number of rotatable bonds is 6. The van der Waals surface area contributed by atoms with Crippen molar-refractivity contribution in [3.63, 3.8) is 0 Å². The summed E-state index contributed by atoms with van der Waals surface area (Å²) in [4.78, 5) is 0. The molecule has 3 aromatic carbocycles. The fraction of sp³-hybridized carbons (Fsp3) is 0.0909. The summed E-state index contributed by atoms with van der Waals surface area (Å²) in [5.41, 5.74) is 2.76. The van der Waals surface area contributed by atoms with Crippen LogP contribution in [-0.4, -0.2) is 19.9 Å². The van der Waals surface area contributed by atoms with Crippen LogP contribution in [0.3, 0.4) is 0 Å². The van der Waals surface area contributed by atoms with E-state index in [0.29, 0.717) is 23.7 Å². The monoisotopic (exact) mass is 391 g/mol. The molecular formula is C22H18FN3OS. The van der Waals surface area contributed by atoms with Crippen molar-refractivity contribution in [2.45, 2.75) is 17.5 Å². The molecule has 0 spiro atoms. The molecule has 1 heterocycles. The highest BCUT2D eigenvalue weighted by Crippen LogP contribution is 2.31. The van der Waals surface area contributed by atoms with Crippen molar-refractivity contribution in [1.29, 1.82) is 0 Å². The quantitative estimate of drug-likeness (QED) is 0.463. The number of para-hydroxylation sites is 1. The van der Waals surface area contributed by atoms with Crippen LogP contribution in [0, 0.1) is 5.82 Å². The second-order valence-electron chi connectivity index (χ2n) is 6.31. The first kappa shape index (κ1) is 18.3. The van der Waals surface area contributed by atoms with Crippen LogP contribution in [0.15, 0.2) is 84.0 Å². The van der Waals surface area contributed by atoms with Gasteiger partial charge in [-0.1, -0.05) is 66.4 Å². The van der Waals surface area contributed by atoms with Gasteiger partial charge in [0, 0.05) is 5.75 Å². The lowest BCUT2D eigenvalue weighted by Crippen LogP contribution is -2.04. The summed E-state index contributed by atoms with van der Waals surface area (Å²) >= 11 is 1.53. The highest BCUT2D eigenvalue weighted by atomic mass is 32.2. The Bertz CT molecular complexity index is 1060. The molecule has 0 fully saturated rings. The van der Waals surface area contributed by atoms with E-state index >= 15 is 0 Å². The predicted octanol–water partition coefficient (Wildman–Crippen LogP) is 5.13. The summed E-state index contributed by atoms with van der Waals surface area (Å²) in [6.45, 7) is 0.587. The summed E-state index contributed by atoms with van der Waals surface area (Å²) < 4.78 is 15.1. The molecule has 28 heavy (non-hydrogen) atoms. The lowest BCUT2D eigenvalue weighted by molar-refractivity contribution is 0.476. The fourth-order valence-electron chi connectivity index (χ4n) is 2.89. The Morgan fingerprint density at radius 1 is 0.821 bits per heavy atom. The average Bonchev–Trinajstić information content (AvgIpc) is 3.11. The van der Waals surface area contributed by atoms with Gasteiger partial charge >= 0.3 is 0 Å². The molecule has 0 unspecified atom stereocenters. The van der Waals surface area contributed by atoms with Crippen LogP contribution >= 0.6 is 11.8 Å². The van der Waals surface area contributed by atoms with Crippen LogP contribution in [0.4, 0.5) is 4.39 Å². The highest BCUT2D eigenvalue weighted by Gasteiger charge is 2.17. The molecule has 0 aliphatic carbocycles. The van der Waals surface area contributed by atoms with Crippen LogP contribution in [0.2, 0.25) is 0 Å². The number of benzene rings is 3. The Kier molecular flexibility index (Phi) is 5.39. The summed E-state index contributed by atoms with van der Waals surface area (Å²) in [5.74, 6) is 1.18. The number of thioether (sulfide) groups is 1. The number of aromatic nitrogens is 3. The number of halogens is 1. The third-order valence-corrected chi connectivity index (χ3v) is 5.36. The molecule has 0 bridgehead atoms. The zero-order valence-electron chi connectivity index (χ0n) is 15.0. The molecule has 0 radical (unpaired) electrons. The van der Waals surface area contributed by atoms with E-state index < -0.39 is 0 Å². The first-order valence-electron chi connectivity index (χ1n) is 8.83. The summed E-state index contributed by atoms with van der Waals surface area (Å²) in [7, 11) is 0. The van der Waals surface area contributed by atoms with Crippen LogP contribution < -0.4 is 0 Å². The molecule has 0 atom stereocenters. The molecule has 140 valence electrons. The first-order valence-corrected chi connectivity index (χ1v) is 9.82. The van der Waals surface area contributed by atoms with E-state index in [4.69, 9.17) is 0 Å². The van der Waals surface area contributed by atoms with Crippen molar-refractivity contribution in [2.75, 3.05) is 0 Å². The molecule has 0 saturated heterocycles. The Morgan fingerprint density at radius 3 is 2.29 bits per heavy atom. The number of nitrogens with zero attached hydrogens (tertiary/aromatic N) is 3. The van der Waals surface area contributed by atoms with E-state index in [9.17, 15) is 9.50 Å². The average molecular weight is 391 g/mol. The lowest BCUT2D eigenvalue weighted by atomic mass is 10.1. The van der Waals surface area contributed by atoms with Gasteiger partial charge in [-0.2, -0.15) is 0 Å². The van der Waals surface area contributed by atoms with Gasteiger partial charge in [-0.25, -0.2) is 4.39 Å². The largest absolute Gasteiger partial charge is 0.507 e. The molecule has 1 N–H and O–H groups in total. The SMILES string of the molecule is Oc1ccccc1-c1nnc(SCc2ccc(F)cc2)n1Cc1ccccc1. The van der Waals surface area contributed by atoms with Crippen molar-refractivity contribution in [1.82, 2.24) is 14.8 Å². The number of aromatic hydroxyl groups is 1. The number of phenolic OH excluding ortho intramolecular Hbond substituents is 1. The second-order valence-corrected chi connectivity index (χ2v) is 7.25. The van der Waals surface area contributed by atoms with E-state index in [1.165, 1.54) is 23.9 Å². The zero-order valence-corrected chi connectivity index (χ0v) is 15.8. The Morgan fingerprint density at radius 2 is 1.54 bits per heavy atom. The van der Waals surface area contributed by atoms with E-state index in [0.717, 1.165) is 16.3 Å². The molecular weight excluding hydrogens is 373 g/mol. The van der Waals surface area contributed by atoms with E-state index in [-0.39, 0.29) is 11.6 Å². The van der Waals surface area contributed by atoms with Crippen molar-refractivity contribution in [2.24, 2.45) is 0 Å². The Balaban J connectivity index is 1.67. The lowest BCUT2D eigenvalue weighted by Gasteiger charge is -2.11. The van der Waals surface area contributed by atoms with Gasteiger partial charge in [0.1, 0.15) is 11.6 Å². The third-order valence-electron chi connectivity index (χ3n) is 4.33. The topological polar surface area (TPSA) is 50.9 Å². The maximum absolute atomic E-state index is 13.1. The van der Waals surface area contributed by atoms with Crippen LogP contribution in [0.25, 0.3) is 11.4 Å². The minimum absolute atomic E-state index is 0.166. The van der Waals surface area contributed by atoms with E-state index in [1.54, 1.807) is 24.3 Å². The minimum atomic E-state index is -0.247. The van der Waals surface area contributed by atoms with Crippen LogP contribution in [0.1, 0.15) is 11.1 Å². The second kappa shape index (κ2) is 8.27. The molecule has 4 aromatic rings. The maximum Gasteiger partial charge on any atom is 0.192 e. The first-order chi connectivity index (χ1) is 13.7. The highest BCUT2D eigenvalue weighted by molar-refractivity contribution is 7.98. The molecule has 4 nitrogen and oxygen atoms in total. The summed E-state index contributed by atoms with van der Waals surface area (Å²) in [6, 6.07) is 23.6. The van der Waals surface area contributed by atoms with Gasteiger partial charge in [0.15, 0.2) is 11.0 Å². The molecule has 0 saturated carbocycles. The molecule has 4 rings (SSSR count). The third kappa shape index (κ3) is 4.07. The van der Waals surface area contributed by atoms with Crippen molar-refractivity contribution in [3.05, 3.63) is 95.8 Å². The Labute approximate surface area is 166 Å². The molecule has 1 aromatic heterocycles. The standard InChI is InChI=1S/C22H18FN3OS/c23-18-12-10-17(11-13-18)15-28-22-25-24-21(19-8-4-5-9-20(19)27)26(22)14-16-6-2-1-3-7-16/h1-13,27H,14-15H2.